The number of hydrogen-bond donors (Lipinski definition) is 2. The van der Waals surface area contributed by atoms with Crippen molar-refractivity contribution in [3.8, 4) is 0 Å². The van der Waals surface area contributed by atoms with Gasteiger partial charge in [0.05, 0.1) is 13.2 Å². The number of anilines is 1. The van der Waals surface area contributed by atoms with Crippen LogP contribution in [0.3, 0.4) is 0 Å². The van der Waals surface area contributed by atoms with Crippen molar-refractivity contribution < 1.29 is 19.1 Å². The number of imide groups is 1. The molecule has 8 heteroatoms. The van der Waals surface area contributed by atoms with E-state index < -0.39 is 17.5 Å². The third kappa shape index (κ3) is 3.76. The molecule has 1 spiro atoms. The molecule has 2 heterocycles. The topological polar surface area (TPSA) is 91.0 Å². The Balaban J connectivity index is 1.24. The first-order valence-electron chi connectivity index (χ1n) is 11.0. The van der Waals surface area contributed by atoms with Crippen LogP contribution in [0.1, 0.15) is 23.1 Å². The Morgan fingerprint density at radius 2 is 1.91 bits per heavy atom. The molecule has 32 heavy (non-hydrogen) atoms. The number of hydrogen-bond acceptors (Lipinski definition) is 5. The van der Waals surface area contributed by atoms with Gasteiger partial charge in [-0.05, 0) is 41.7 Å². The van der Waals surface area contributed by atoms with Crippen LogP contribution in [-0.2, 0) is 32.8 Å². The number of aryl methyl sites for hydroxylation is 1. The lowest BCUT2D eigenvalue weighted by atomic mass is 9.92. The number of morpholine rings is 1. The van der Waals surface area contributed by atoms with Gasteiger partial charge in [-0.25, -0.2) is 4.79 Å². The van der Waals surface area contributed by atoms with Gasteiger partial charge in [0.2, 0.25) is 5.91 Å². The normalized spacial score (nSPS) is 22.8. The SMILES string of the molecule is O=C(CN1C(=O)NC2(CCc3ccccc32)C1=O)Nc1cccc(CN2CCOCC2)c1. The molecular formula is C24H26N4O4. The fourth-order valence-corrected chi connectivity index (χ4v) is 4.84. The summed E-state index contributed by atoms with van der Waals surface area (Å²) in [5.41, 5.74) is 2.57. The molecule has 2 aliphatic heterocycles. The van der Waals surface area contributed by atoms with Crippen molar-refractivity contribution in [3.05, 3.63) is 65.2 Å². The number of ether oxygens (including phenoxy) is 1. The van der Waals surface area contributed by atoms with Crippen molar-refractivity contribution in [1.82, 2.24) is 15.1 Å². The van der Waals surface area contributed by atoms with Gasteiger partial charge >= 0.3 is 6.03 Å². The number of nitrogens with one attached hydrogen (secondary N) is 2. The van der Waals surface area contributed by atoms with Crippen molar-refractivity contribution in [2.24, 2.45) is 0 Å². The first-order valence-corrected chi connectivity index (χ1v) is 11.0. The zero-order valence-corrected chi connectivity index (χ0v) is 17.8. The highest BCUT2D eigenvalue weighted by molar-refractivity contribution is 6.10. The van der Waals surface area contributed by atoms with E-state index >= 15 is 0 Å². The molecule has 1 unspecified atom stereocenters. The summed E-state index contributed by atoms with van der Waals surface area (Å²) in [4.78, 5) is 41.9. The van der Waals surface area contributed by atoms with Crippen molar-refractivity contribution in [2.75, 3.05) is 38.2 Å². The second-order valence-corrected chi connectivity index (χ2v) is 8.52. The average molecular weight is 434 g/mol. The van der Waals surface area contributed by atoms with Gasteiger partial charge in [-0.2, -0.15) is 0 Å². The molecule has 166 valence electrons. The van der Waals surface area contributed by atoms with Gasteiger partial charge in [-0.1, -0.05) is 36.4 Å². The lowest BCUT2D eigenvalue weighted by Crippen LogP contribution is -2.43. The monoisotopic (exact) mass is 434 g/mol. The molecule has 2 N–H and O–H groups in total. The van der Waals surface area contributed by atoms with Gasteiger partial charge in [0.1, 0.15) is 12.1 Å². The molecule has 4 amide bonds. The Labute approximate surface area is 186 Å². The summed E-state index contributed by atoms with van der Waals surface area (Å²) < 4.78 is 5.39. The lowest BCUT2D eigenvalue weighted by molar-refractivity contribution is -0.134. The predicted octanol–water partition coefficient (Wildman–Crippen LogP) is 1.85. The van der Waals surface area contributed by atoms with Crippen LogP contribution in [0.25, 0.3) is 0 Å². The van der Waals surface area contributed by atoms with E-state index in [0.717, 1.165) is 60.9 Å². The molecule has 5 rings (SSSR count). The average Bonchev–Trinajstić information content (AvgIpc) is 3.28. The van der Waals surface area contributed by atoms with E-state index in [1.165, 1.54) is 0 Å². The highest BCUT2D eigenvalue weighted by atomic mass is 16.5. The number of nitrogens with zero attached hydrogens (tertiary/aromatic N) is 2. The Morgan fingerprint density at radius 1 is 1.09 bits per heavy atom. The summed E-state index contributed by atoms with van der Waals surface area (Å²) in [6, 6.07) is 14.8. The van der Waals surface area contributed by atoms with Crippen LogP contribution in [0.15, 0.2) is 48.5 Å². The number of carbonyl (C=O) groups excluding carboxylic acids is 3. The molecule has 0 radical (unpaired) electrons. The van der Waals surface area contributed by atoms with Gasteiger partial charge in [0, 0.05) is 25.3 Å². The highest BCUT2D eigenvalue weighted by Crippen LogP contribution is 2.41. The van der Waals surface area contributed by atoms with E-state index in [2.05, 4.69) is 15.5 Å². The molecular weight excluding hydrogens is 408 g/mol. The molecule has 8 nitrogen and oxygen atoms in total. The van der Waals surface area contributed by atoms with Crippen LogP contribution in [0, 0.1) is 0 Å². The third-order valence-corrected chi connectivity index (χ3v) is 6.44. The number of urea groups is 1. The summed E-state index contributed by atoms with van der Waals surface area (Å²) in [5, 5.41) is 5.68. The van der Waals surface area contributed by atoms with Crippen LogP contribution in [0.5, 0.6) is 0 Å². The van der Waals surface area contributed by atoms with Gasteiger partial charge in [0.25, 0.3) is 5.91 Å². The minimum Gasteiger partial charge on any atom is -0.379 e. The largest absolute Gasteiger partial charge is 0.379 e. The molecule has 3 aliphatic rings. The fraction of sp³-hybridized carbons (Fsp3) is 0.375. The number of carbonyl (C=O) groups is 3. The van der Waals surface area contributed by atoms with Crippen LogP contribution < -0.4 is 10.6 Å². The molecule has 2 saturated heterocycles. The molecule has 2 aromatic carbocycles. The maximum atomic E-state index is 13.2. The van der Waals surface area contributed by atoms with E-state index in [1.54, 1.807) is 6.07 Å². The Morgan fingerprint density at radius 3 is 2.75 bits per heavy atom. The van der Waals surface area contributed by atoms with Crippen LogP contribution in [-0.4, -0.2) is 60.5 Å². The Hall–Kier alpha value is -3.23. The van der Waals surface area contributed by atoms with Crippen molar-refractivity contribution >= 4 is 23.5 Å². The van der Waals surface area contributed by atoms with E-state index in [4.69, 9.17) is 4.74 Å². The van der Waals surface area contributed by atoms with Gasteiger partial charge in [0.15, 0.2) is 0 Å². The van der Waals surface area contributed by atoms with Crippen LogP contribution in [0.2, 0.25) is 0 Å². The van der Waals surface area contributed by atoms with Crippen LogP contribution >= 0.6 is 0 Å². The highest BCUT2D eigenvalue weighted by Gasteiger charge is 2.55. The second-order valence-electron chi connectivity index (χ2n) is 8.52. The van der Waals surface area contributed by atoms with E-state index in [1.807, 2.05) is 42.5 Å². The molecule has 2 fully saturated rings. The van der Waals surface area contributed by atoms with E-state index in [0.29, 0.717) is 12.1 Å². The molecule has 2 aromatic rings. The van der Waals surface area contributed by atoms with Crippen molar-refractivity contribution in [1.29, 1.82) is 0 Å². The van der Waals surface area contributed by atoms with Gasteiger partial charge < -0.3 is 15.4 Å². The standard InChI is InChI=1S/C24H26N4O4/c29-21(25-19-6-3-4-17(14-19)15-27-10-12-32-13-11-27)16-28-22(30)24(26-23(28)31)9-8-18-5-1-2-7-20(18)24/h1-7,14H,8-13,15-16H2,(H,25,29)(H,26,31). The predicted molar refractivity (Wildman–Crippen MR) is 118 cm³/mol. The fourth-order valence-electron chi connectivity index (χ4n) is 4.84. The third-order valence-electron chi connectivity index (χ3n) is 6.44. The Bertz CT molecular complexity index is 1070. The summed E-state index contributed by atoms with van der Waals surface area (Å²) in [5.74, 6) is -0.760. The quantitative estimate of drug-likeness (QED) is 0.701. The molecule has 1 atom stereocenters. The first-order chi connectivity index (χ1) is 15.5. The molecule has 0 aromatic heterocycles. The number of rotatable bonds is 5. The summed E-state index contributed by atoms with van der Waals surface area (Å²) in [6.45, 7) is 3.69. The number of fused-ring (bicyclic) bond motifs is 2. The Kier molecular flexibility index (Phi) is 5.40. The summed E-state index contributed by atoms with van der Waals surface area (Å²) >= 11 is 0. The van der Waals surface area contributed by atoms with Gasteiger partial charge in [-0.15, -0.1) is 0 Å². The summed E-state index contributed by atoms with van der Waals surface area (Å²) in [6.07, 6.45) is 1.23. The van der Waals surface area contributed by atoms with E-state index in [9.17, 15) is 14.4 Å². The van der Waals surface area contributed by atoms with E-state index in [-0.39, 0.29) is 12.5 Å². The van der Waals surface area contributed by atoms with Crippen molar-refractivity contribution in [2.45, 2.75) is 24.9 Å². The number of amides is 4. The maximum absolute atomic E-state index is 13.2. The zero-order chi connectivity index (χ0) is 22.1. The zero-order valence-electron chi connectivity index (χ0n) is 17.8. The second kappa shape index (κ2) is 8.37. The minimum absolute atomic E-state index is 0.317. The first kappa shape index (κ1) is 20.7. The number of benzene rings is 2. The maximum Gasteiger partial charge on any atom is 0.325 e. The molecule has 1 aliphatic carbocycles. The molecule has 0 saturated carbocycles. The van der Waals surface area contributed by atoms with Crippen LogP contribution in [0.4, 0.5) is 10.5 Å². The van der Waals surface area contributed by atoms with Gasteiger partial charge in [-0.3, -0.25) is 19.4 Å². The lowest BCUT2D eigenvalue weighted by Gasteiger charge is -2.26. The molecule has 0 bridgehead atoms. The smallest absolute Gasteiger partial charge is 0.325 e. The minimum atomic E-state index is -1.05. The van der Waals surface area contributed by atoms with Crippen molar-refractivity contribution in [3.63, 3.8) is 0 Å². The summed E-state index contributed by atoms with van der Waals surface area (Å²) in [7, 11) is 0.